The second kappa shape index (κ2) is 5.19. The monoisotopic (exact) mass is 246 g/mol. The minimum atomic E-state index is 0.0583. The van der Waals surface area contributed by atoms with Crippen LogP contribution in [0.25, 0.3) is 0 Å². The van der Waals surface area contributed by atoms with Crippen LogP contribution in [0.2, 0.25) is 0 Å². The van der Waals surface area contributed by atoms with Gasteiger partial charge in [-0.25, -0.2) is 0 Å². The molecule has 0 amide bonds. The van der Waals surface area contributed by atoms with Gasteiger partial charge in [0.05, 0.1) is 0 Å². The molecule has 18 heavy (non-hydrogen) atoms. The first-order valence-electron chi connectivity index (χ1n) is 6.70. The maximum Gasteiger partial charge on any atom is 0.185 e. The number of hydrogen-bond acceptors (Lipinski definition) is 3. The van der Waals surface area contributed by atoms with Crippen molar-refractivity contribution >= 4 is 5.78 Å². The number of nitrogens with one attached hydrogen (secondary N) is 1. The second-order valence-electron chi connectivity index (χ2n) is 6.09. The largest absolute Gasteiger partial charge is 0.316 e. The molecule has 1 atom stereocenters. The van der Waals surface area contributed by atoms with Gasteiger partial charge in [0.25, 0.3) is 0 Å². The molecule has 0 aromatic carbocycles. The average Bonchev–Trinajstić information content (AvgIpc) is 2.38. The van der Waals surface area contributed by atoms with E-state index in [1.165, 1.54) is 5.56 Å². The molecule has 1 fully saturated rings. The van der Waals surface area contributed by atoms with E-state index in [-0.39, 0.29) is 17.1 Å². The third kappa shape index (κ3) is 2.96. The zero-order valence-electron chi connectivity index (χ0n) is 11.5. The lowest BCUT2D eigenvalue weighted by Gasteiger charge is -2.23. The molecule has 1 saturated heterocycles. The van der Waals surface area contributed by atoms with Crippen molar-refractivity contribution in [3.05, 3.63) is 29.6 Å². The van der Waals surface area contributed by atoms with Crippen LogP contribution in [0.1, 0.15) is 49.7 Å². The lowest BCUT2D eigenvalue weighted by Crippen LogP contribution is -2.34. The van der Waals surface area contributed by atoms with E-state index in [2.05, 4.69) is 31.1 Å². The predicted octanol–water partition coefficient (Wildman–Crippen LogP) is 2.56. The molecule has 1 unspecified atom stereocenters. The maximum atomic E-state index is 12.4. The van der Waals surface area contributed by atoms with Gasteiger partial charge in [-0.05, 0) is 42.5 Å². The highest BCUT2D eigenvalue weighted by Gasteiger charge is 2.24. The summed E-state index contributed by atoms with van der Waals surface area (Å²) < 4.78 is 0. The number of nitrogens with zero attached hydrogens (tertiary/aromatic N) is 1. The summed E-state index contributed by atoms with van der Waals surface area (Å²) in [5.41, 5.74) is 1.85. The molecule has 1 aliphatic heterocycles. The van der Waals surface area contributed by atoms with Crippen LogP contribution in [0.4, 0.5) is 0 Å². The number of carbonyl (C=O) groups excluding carboxylic acids is 1. The van der Waals surface area contributed by atoms with Crippen LogP contribution in [0.15, 0.2) is 18.3 Å². The summed E-state index contributed by atoms with van der Waals surface area (Å²) in [5, 5.41) is 3.28. The number of aromatic nitrogens is 1. The summed E-state index contributed by atoms with van der Waals surface area (Å²) in [5.74, 6) is 0.287. The molecule has 1 N–H and O–H groups in total. The van der Waals surface area contributed by atoms with Crippen LogP contribution in [0.5, 0.6) is 0 Å². The van der Waals surface area contributed by atoms with Crippen LogP contribution in [0.3, 0.4) is 0 Å². The lowest BCUT2D eigenvalue weighted by atomic mass is 9.86. The Balaban J connectivity index is 2.20. The van der Waals surface area contributed by atoms with Gasteiger partial charge in [0.2, 0.25) is 0 Å². The van der Waals surface area contributed by atoms with E-state index >= 15 is 0 Å². The molecule has 3 nitrogen and oxygen atoms in total. The van der Waals surface area contributed by atoms with Gasteiger partial charge in [0.1, 0.15) is 5.69 Å². The highest BCUT2D eigenvalue weighted by atomic mass is 16.1. The third-order valence-corrected chi connectivity index (χ3v) is 3.55. The van der Waals surface area contributed by atoms with Crippen LogP contribution in [0, 0.1) is 5.92 Å². The number of carbonyl (C=O) groups is 1. The molecule has 1 aliphatic rings. The van der Waals surface area contributed by atoms with Crippen LogP contribution in [-0.2, 0) is 5.41 Å². The van der Waals surface area contributed by atoms with Crippen molar-refractivity contribution in [2.24, 2.45) is 5.92 Å². The van der Waals surface area contributed by atoms with Gasteiger partial charge in [-0.15, -0.1) is 0 Å². The number of Topliss-reactive ketones (excluding diaryl/α,β-unsaturated/α-hetero) is 1. The first kappa shape index (κ1) is 13.2. The van der Waals surface area contributed by atoms with Crippen molar-refractivity contribution in [3.8, 4) is 0 Å². The maximum absolute atomic E-state index is 12.4. The topological polar surface area (TPSA) is 42.0 Å². The molecule has 0 bridgehead atoms. The van der Waals surface area contributed by atoms with E-state index < -0.39 is 0 Å². The van der Waals surface area contributed by atoms with Crippen molar-refractivity contribution < 1.29 is 4.79 Å². The van der Waals surface area contributed by atoms with E-state index in [4.69, 9.17) is 0 Å². The molecule has 1 aromatic heterocycles. The van der Waals surface area contributed by atoms with Crippen molar-refractivity contribution in [3.63, 3.8) is 0 Å². The Labute approximate surface area is 109 Å². The van der Waals surface area contributed by atoms with E-state index in [9.17, 15) is 4.79 Å². The zero-order valence-corrected chi connectivity index (χ0v) is 11.5. The number of rotatable bonds is 2. The molecular weight excluding hydrogens is 224 g/mol. The van der Waals surface area contributed by atoms with Crippen molar-refractivity contribution in [2.45, 2.75) is 39.0 Å². The van der Waals surface area contributed by atoms with Crippen molar-refractivity contribution in [1.29, 1.82) is 0 Å². The van der Waals surface area contributed by atoms with E-state index in [1.807, 2.05) is 12.1 Å². The predicted molar refractivity (Wildman–Crippen MR) is 72.9 cm³/mol. The third-order valence-electron chi connectivity index (χ3n) is 3.55. The van der Waals surface area contributed by atoms with Crippen LogP contribution < -0.4 is 5.32 Å². The zero-order chi connectivity index (χ0) is 13.2. The Morgan fingerprint density at radius 3 is 2.83 bits per heavy atom. The first-order chi connectivity index (χ1) is 8.48. The molecule has 0 saturated carbocycles. The van der Waals surface area contributed by atoms with Gasteiger partial charge in [0.15, 0.2) is 5.78 Å². The summed E-state index contributed by atoms with van der Waals surface area (Å²) in [6.07, 6.45) is 3.81. The molecular formula is C15H22N2O. The van der Waals surface area contributed by atoms with Gasteiger partial charge in [-0.2, -0.15) is 0 Å². The molecule has 0 radical (unpaired) electrons. The number of pyridine rings is 1. The van der Waals surface area contributed by atoms with Gasteiger partial charge in [0, 0.05) is 18.7 Å². The fourth-order valence-electron chi connectivity index (χ4n) is 2.32. The molecule has 98 valence electrons. The highest BCUT2D eigenvalue weighted by Crippen LogP contribution is 2.23. The Hall–Kier alpha value is -1.22. The minimum Gasteiger partial charge on any atom is -0.316 e. The van der Waals surface area contributed by atoms with Crippen LogP contribution >= 0.6 is 0 Å². The Morgan fingerprint density at radius 1 is 1.44 bits per heavy atom. The van der Waals surface area contributed by atoms with Crippen molar-refractivity contribution in [1.82, 2.24) is 10.3 Å². The van der Waals surface area contributed by atoms with E-state index in [0.29, 0.717) is 5.69 Å². The Kier molecular flexibility index (Phi) is 3.81. The fourth-order valence-corrected chi connectivity index (χ4v) is 2.32. The number of piperidine rings is 1. The minimum absolute atomic E-state index is 0.0583. The smallest absolute Gasteiger partial charge is 0.185 e. The SMILES string of the molecule is CC(C)(C)c1ccnc(C(=O)C2CCCNC2)c1. The standard InChI is InChI=1S/C15H22N2O/c1-15(2,3)12-6-8-17-13(9-12)14(18)11-5-4-7-16-10-11/h6,8-9,11,16H,4-5,7,10H2,1-3H3. The van der Waals surface area contributed by atoms with Gasteiger partial charge in [-0.1, -0.05) is 20.8 Å². The quantitative estimate of drug-likeness (QED) is 0.815. The average molecular weight is 246 g/mol. The molecule has 3 heteroatoms. The van der Waals surface area contributed by atoms with Gasteiger partial charge < -0.3 is 5.32 Å². The van der Waals surface area contributed by atoms with Gasteiger partial charge >= 0.3 is 0 Å². The van der Waals surface area contributed by atoms with Crippen LogP contribution in [-0.4, -0.2) is 23.9 Å². The molecule has 0 aliphatic carbocycles. The van der Waals surface area contributed by atoms with E-state index in [1.54, 1.807) is 6.20 Å². The first-order valence-corrected chi connectivity index (χ1v) is 6.70. The summed E-state index contributed by atoms with van der Waals surface area (Å²) in [4.78, 5) is 16.6. The second-order valence-corrected chi connectivity index (χ2v) is 6.09. The van der Waals surface area contributed by atoms with E-state index in [0.717, 1.165) is 25.9 Å². The summed E-state index contributed by atoms with van der Waals surface area (Å²) in [6, 6.07) is 3.95. The van der Waals surface area contributed by atoms with Gasteiger partial charge in [-0.3, -0.25) is 9.78 Å². The number of ketones is 1. The lowest BCUT2D eigenvalue weighted by molar-refractivity contribution is 0.0894. The summed E-state index contributed by atoms with van der Waals surface area (Å²) in [6.45, 7) is 8.27. The molecule has 2 rings (SSSR count). The normalized spacial score (nSPS) is 20.7. The fraction of sp³-hybridized carbons (Fsp3) is 0.600. The Morgan fingerprint density at radius 2 is 2.22 bits per heavy atom. The molecule has 2 heterocycles. The molecule has 1 aromatic rings. The summed E-state index contributed by atoms with van der Waals surface area (Å²) in [7, 11) is 0. The van der Waals surface area contributed by atoms with Crippen molar-refractivity contribution in [2.75, 3.05) is 13.1 Å². The number of hydrogen-bond donors (Lipinski definition) is 1. The Bertz CT molecular complexity index is 428. The molecule has 0 spiro atoms. The summed E-state index contributed by atoms with van der Waals surface area (Å²) >= 11 is 0. The highest BCUT2D eigenvalue weighted by molar-refractivity contribution is 5.96.